The molecule has 0 radical (unpaired) electrons. The maximum absolute atomic E-state index is 9.11. The van der Waals surface area contributed by atoms with E-state index in [1.165, 1.54) is 0 Å². The largest absolute Gasteiger partial charge is 0.508 e. The normalized spacial score (nSPS) is 10.1. The Labute approximate surface area is 76.2 Å². The molecule has 3 heteroatoms. The molecule has 0 aliphatic carbocycles. The number of thioether (sulfide) groups is 1. The van der Waals surface area contributed by atoms with Crippen molar-refractivity contribution in [2.24, 2.45) is 0 Å². The third kappa shape index (κ3) is 3.15. The molecular weight excluding hydrogens is 172 g/mol. The van der Waals surface area contributed by atoms with Gasteiger partial charge in [0.1, 0.15) is 5.75 Å². The van der Waals surface area contributed by atoms with Gasteiger partial charge in [-0.05, 0) is 24.6 Å². The highest BCUT2D eigenvalue weighted by Crippen LogP contribution is 2.22. The van der Waals surface area contributed by atoms with Crippen molar-refractivity contribution in [1.82, 2.24) is 0 Å². The Balaban J connectivity index is 2.41. The van der Waals surface area contributed by atoms with Crippen LogP contribution in [-0.4, -0.2) is 22.6 Å². The molecule has 0 aliphatic rings. The Kier molecular flexibility index (Phi) is 3.97. The fourth-order valence-electron chi connectivity index (χ4n) is 0.828. The third-order valence-corrected chi connectivity index (χ3v) is 2.47. The molecule has 0 aliphatic heterocycles. The summed E-state index contributed by atoms with van der Waals surface area (Å²) in [5, 5.41) is 17.6. The highest BCUT2D eigenvalue weighted by Gasteiger charge is 1.94. The molecule has 0 unspecified atom stereocenters. The molecule has 0 atom stereocenters. The van der Waals surface area contributed by atoms with E-state index < -0.39 is 0 Å². The molecule has 12 heavy (non-hydrogen) atoms. The Hall–Kier alpha value is -0.670. The summed E-state index contributed by atoms with van der Waals surface area (Å²) in [6, 6.07) is 7.14. The van der Waals surface area contributed by atoms with E-state index in [2.05, 4.69) is 0 Å². The second-order valence-electron chi connectivity index (χ2n) is 2.42. The molecule has 2 N–H and O–H groups in total. The number of aliphatic hydroxyl groups excluding tert-OH is 1. The number of rotatable bonds is 4. The van der Waals surface area contributed by atoms with Crippen LogP contribution in [0.25, 0.3) is 0 Å². The van der Waals surface area contributed by atoms with E-state index in [9.17, 15) is 0 Å². The van der Waals surface area contributed by atoms with Crippen LogP contribution >= 0.6 is 11.8 Å². The van der Waals surface area contributed by atoms with E-state index in [0.29, 0.717) is 5.75 Å². The number of benzene rings is 1. The van der Waals surface area contributed by atoms with Crippen molar-refractivity contribution in [2.45, 2.75) is 11.3 Å². The average Bonchev–Trinajstić information content (AvgIpc) is 2.05. The van der Waals surface area contributed by atoms with Crippen molar-refractivity contribution < 1.29 is 10.2 Å². The first-order valence-electron chi connectivity index (χ1n) is 3.85. The smallest absolute Gasteiger partial charge is 0.116 e. The molecule has 1 rings (SSSR count). The van der Waals surface area contributed by atoms with Gasteiger partial charge < -0.3 is 10.2 Å². The second-order valence-corrected chi connectivity index (χ2v) is 3.59. The van der Waals surface area contributed by atoms with Gasteiger partial charge in [0.15, 0.2) is 0 Å². The predicted molar refractivity (Wildman–Crippen MR) is 50.5 cm³/mol. The number of phenols is 1. The van der Waals surface area contributed by atoms with Crippen LogP contribution < -0.4 is 0 Å². The van der Waals surface area contributed by atoms with E-state index in [0.717, 1.165) is 17.1 Å². The van der Waals surface area contributed by atoms with E-state index in [4.69, 9.17) is 10.2 Å². The van der Waals surface area contributed by atoms with Crippen LogP contribution in [0.2, 0.25) is 0 Å². The van der Waals surface area contributed by atoms with Crippen LogP contribution in [0.15, 0.2) is 29.2 Å². The lowest BCUT2D eigenvalue weighted by Gasteiger charge is -1.99. The summed E-state index contributed by atoms with van der Waals surface area (Å²) in [5.41, 5.74) is 0. The van der Waals surface area contributed by atoms with Crippen molar-refractivity contribution in [1.29, 1.82) is 0 Å². The SMILES string of the molecule is OCCCSc1cccc(O)c1. The average molecular weight is 184 g/mol. The standard InChI is InChI=1S/C9H12O2S/c10-5-2-6-12-9-4-1-3-8(11)7-9/h1,3-4,7,10-11H,2,5-6H2. The van der Waals surface area contributed by atoms with Gasteiger partial charge in [-0.25, -0.2) is 0 Å². The molecule has 0 fully saturated rings. The molecule has 1 aromatic rings. The van der Waals surface area contributed by atoms with Crippen LogP contribution in [-0.2, 0) is 0 Å². The highest BCUT2D eigenvalue weighted by molar-refractivity contribution is 7.99. The van der Waals surface area contributed by atoms with Crippen LogP contribution in [0.3, 0.4) is 0 Å². The molecule has 0 bridgehead atoms. The minimum Gasteiger partial charge on any atom is -0.508 e. The summed E-state index contributed by atoms with van der Waals surface area (Å²) in [6.07, 6.45) is 0.792. The Morgan fingerprint density at radius 1 is 1.33 bits per heavy atom. The van der Waals surface area contributed by atoms with Gasteiger partial charge in [0.2, 0.25) is 0 Å². The van der Waals surface area contributed by atoms with Gasteiger partial charge in [-0.3, -0.25) is 0 Å². The van der Waals surface area contributed by atoms with Crippen LogP contribution in [0.1, 0.15) is 6.42 Å². The number of hydrogen-bond acceptors (Lipinski definition) is 3. The Bertz CT molecular complexity index is 238. The number of aromatic hydroxyl groups is 1. The number of phenolic OH excluding ortho intramolecular Hbond substituents is 1. The molecule has 66 valence electrons. The zero-order chi connectivity index (χ0) is 8.81. The van der Waals surface area contributed by atoms with Crippen molar-refractivity contribution in [3.05, 3.63) is 24.3 Å². The van der Waals surface area contributed by atoms with Crippen molar-refractivity contribution >= 4 is 11.8 Å². The molecule has 0 spiro atoms. The molecule has 0 aromatic heterocycles. The summed E-state index contributed by atoms with van der Waals surface area (Å²) in [6.45, 7) is 0.228. The lowest BCUT2D eigenvalue weighted by molar-refractivity contribution is 0.296. The van der Waals surface area contributed by atoms with E-state index in [1.54, 1.807) is 23.9 Å². The third-order valence-electron chi connectivity index (χ3n) is 1.39. The van der Waals surface area contributed by atoms with E-state index in [-0.39, 0.29) is 6.61 Å². The first-order chi connectivity index (χ1) is 5.83. The lowest BCUT2D eigenvalue weighted by atomic mass is 10.3. The van der Waals surface area contributed by atoms with E-state index >= 15 is 0 Å². The molecule has 0 amide bonds. The Morgan fingerprint density at radius 3 is 2.83 bits per heavy atom. The molecule has 0 saturated heterocycles. The van der Waals surface area contributed by atoms with Gasteiger partial charge in [-0.15, -0.1) is 11.8 Å². The summed E-state index contributed by atoms with van der Waals surface area (Å²) in [5.74, 6) is 1.18. The van der Waals surface area contributed by atoms with Crippen molar-refractivity contribution in [3.8, 4) is 5.75 Å². The molecule has 0 saturated carbocycles. The molecule has 0 heterocycles. The van der Waals surface area contributed by atoms with Crippen molar-refractivity contribution in [2.75, 3.05) is 12.4 Å². The van der Waals surface area contributed by atoms with Crippen LogP contribution in [0, 0.1) is 0 Å². The summed E-state index contributed by atoms with van der Waals surface area (Å²) >= 11 is 1.64. The Morgan fingerprint density at radius 2 is 2.17 bits per heavy atom. The topological polar surface area (TPSA) is 40.5 Å². The van der Waals surface area contributed by atoms with Gasteiger partial charge in [-0.1, -0.05) is 6.07 Å². The molecule has 2 nitrogen and oxygen atoms in total. The quantitative estimate of drug-likeness (QED) is 0.554. The van der Waals surface area contributed by atoms with Gasteiger partial charge >= 0.3 is 0 Å². The van der Waals surface area contributed by atoms with Gasteiger partial charge in [0.05, 0.1) is 0 Å². The zero-order valence-electron chi connectivity index (χ0n) is 6.73. The molecular formula is C9H12O2S. The van der Waals surface area contributed by atoms with Crippen LogP contribution in [0.5, 0.6) is 5.75 Å². The highest BCUT2D eigenvalue weighted by atomic mass is 32.2. The lowest BCUT2D eigenvalue weighted by Crippen LogP contribution is -1.84. The first-order valence-corrected chi connectivity index (χ1v) is 4.84. The minimum atomic E-state index is 0.228. The maximum atomic E-state index is 9.11. The predicted octanol–water partition coefficient (Wildman–Crippen LogP) is 1.87. The van der Waals surface area contributed by atoms with Gasteiger partial charge in [0.25, 0.3) is 0 Å². The minimum absolute atomic E-state index is 0.228. The maximum Gasteiger partial charge on any atom is 0.116 e. The van der Waals surface area contributed by atoms with Crippen molar-refractivity contribution in [3.63, 3.8) is 0 Å². The monoisotopic (exact) mass is 184 g/mol. The fourth-order valence-corrected chi connectivity index (χ4v) is 1.72. The summed E-state index contributed by atoms with van der Waals surface area (Å²) < 4.78 is 0. The number of aliphatic hydroxyl groups is 1. The first kappa shape index (κ1) is 9.42. The fraction of sp³-hybridized carbons (Fsp3) is 0.333. The summed E-state index contributed by atoms with van der Waals surface area (Å²) in [4.78, 5) is 1.04. The van der Waals surface area contributed by atoms with Gasteiger partial charge in [0, 0.05) is 17.3 Å². The van der Waals surface area contributed by atoms with Gasteiger partial charge in [-0.2, -0.15) is 0 Å². The zero-order valence-corrected chi connectivity index (χ0v) is 7.55. The van der Waals surface area contributed by atoms with E-state index in [1.807, 2.05) is 12.1 Å². The molecule has 1 aromatic carbocycles. The summed E-state index contributed by atoms with van der Waals surface area (Å²) in [7, 11) is 0. The van der Waals surface area contributed by atoms with Crippen LogP contribution in [0.4, 0.5) is 0 Å². The number of hydrogen-bond donors (Lipinski definition) is 2. The second kappa shape index (κ2) is 5.06.